The number of nitrogens with one attached hydrogen (secondary N) is 1. The molecule has 1 atom stereocenters. The Morgan fingerprint density at radius 1 is 1.16 bits per heavy atom. The normalized spacial score (nSPS) is 11.7. The molecule has 7 nitrogen and oxygen atoms in total. The number of ether oxygens (including phenoxy) is 1. The van der Waals surface area contributed by atoms with E-state index >= 15 is 0 Å². The molecule has 25 heavy (non-hydrogen) atoms. The molecule has 0 saturated heterocycles. The van der Waals surface area contributed by atoms with Crippen LogP contribution in [0.3, 0.4) is 0 Å². The lowest BCUT2D eigenvalue weighted by molar-refractivity contribution is -0.119. The molecule has 7 heteroatoms. The fourth-order valence-corrected chi connectivity index (χ4v) is 2.48. The summed E-state index contributed by atoms with van der Waals surface area (Å²) in [5, 5.41) is 14.1. The summed E-state index contributed by atoms with van der Waals surface area (Å²) >= 11 is 0. The maximum atomic E-state index is 12.8. The first-order chi connectivity index (χ1) is 12.3. The first-order valence-electron chi connectivity index (χ1n) is 8.06. The number of hydrogen-bond acceptors (Lipinski definition) is 5. The average Bonchev–Trinajstić information content (AvgIpc) is 3.17. The van der Waals surface area contributed by atoms with Gasteiger partial charge in [-0.1, -0.05) is 30.3 Å². The van der Waals surface area contributed by atoms with Gasteiger partial charge in [-0.05, 0) is 47.2 Å². The summed E-state index contributed by atoms with van der Waals surface area (Å²) in [6.45, 7) is 2.53. The van der Waals surface area contributed by atoms with Gasteiger partial charge in [-0.25, -0.2) is 4.68 Å². The van der Waals surface area contributed by atoms with E-state index in [0.29, 0.717) is 18.7 Å². The third kappa shape index (κ3) is 4.41. The number of rotatable bonds is 7. The van der Waals surface area contributed by atoms with Crippen molar-refractivity contribution in [3.63, 3.8) is 0 Å². The predicted molar refractivity (Wildman–Crippen MR) is 93.2 cm³/mol. The summed E-state index contributed by atoms with van der Waals surface area (Å²) in [6, 6.07) is 16.5. The minimum atomic E-state index is -0.538. The first kappa shape index (κ1) is 16.6. The molecule has 1 N–H and O–H groups in total. The Kier molecular flexibility index (Phi) is 5.36. The molecule has 0 spiro atoms. The van der Waals surface area contributed by atoms with Crippen molar-refractivity contribution < 1.29 is 9.53 Å². The Hall–Kier alpha value is -3.22. The molecule has 0 unspecified atom stereocenters. The SMILES string of the molecule is CCOc1ccc(NC(=O)[C@H](Cc2ccccc2)n2cnnn2)cc1. The summed E-state index contributed by atoms with van der Waals surface area (Å²) in [4.78, 5) is 12.8. The molecule has 1 aromatic heterocycles. The maximum Gasteiger partial charge on any atom is 0.249 e. The fraction of sp³-hybridized carbons (Fsp3) is 0.222. The van der Waals surface area contributed by atoms with E-state index in [1.54, 1.807) is 0 Å². The van der Waals surface area contributed by atoms with Gasteiger partial charge in [0.15, 0.2) is 0 Å². The highest BCUT2D eigenvalue weighted by Crippen LogP contribution is 2.19. The van der Waals surface area contributed by atoms with Crippen molar-refractivity contribution in [1.82, 2.24) is 20.2 Å². The van der Waals surface area contributed by atoms with Gasteiger partial charge in [-0.15, -0.1) is 5.10 Å². The van der Waals surface area contributed by atoms with Crippen molar-refractivity contribution in [1.29, 1.82) is 0 Å². The van der Waals surface area contributed by atoms with Crippen molar-refractivity contribution in [3.05, 3.63) is 66.5 Å². The molecule has 1 heterocycles. The minimum Gasteiger partial charge on any atom is -0.494 e. The molecule has 0 aliphatic carbocycles. The predicted octanol–water partition coefficient (Wildman–Crippen LogP) is 2.49. The van der Waals surface area contributed by atoms with Crippen LogP contribution in [0.25, 0.3) is 0 Å². The van der Waals surface area contributed by atoms with E-state index in [1.807, 2.05) is 61.5 Å². The lowest BCUT2D eigenvalue weighted by Gasteiger charge is -2.16. The van der Waals surface area contributed by atoms with Gasteiger partial charge in [0.25, 0.3) is 0 Å². The Morgan fingerprint density at radius 2 is 1.92 bits per heavy atom. The lowest BCUT2D eigenvalue weighted by Crippen LogP contribution is -2.28. The van der Waals surface area contributed by atoms with Crippen LogP contribution < -0.4 is 10.1 Å². The molecule has 1 amide bonds. The molecule has 128 valence electrons. The van der Waals surface area contributed by atoms with Crippen molar-refractivity contribution in [2.75, 3.05) is 11.9 Å². The van der Waals surface area contributed by atoms with Crippen molar-refractivity contribution >= 4 is 11.6 Å². The Labute approximate surface area is 145 Å². The third-order valence-electron chi connectivity index (χ3n) is 3.69. The van der Waals surface area contributed by atoms with E-state index in [-0.39, 0.29) is 5.91 Å². The van der Waals surface area contributed by atoms with Gasteiger partial charge < -0.3 is 10.1 Å². The van der Waals surface area contributed by atoms with Gasteiger partial charge in [0.1, 0.15) is 18.1 Å². The summed E-state index contributed by atoms with van der Waals surface area (Å²) in [5.41, 5.74) is 1.73. The molecule has 2 aromatic carbocycles. The van der Waals surface area contributed by atoms with E-state index in [4.69, 9.17) is 4.74 Å². The average molecular weight is 337 g/mol. The van der Waals surface area contributed by atoms with E-state index in [0.717, 1.165) is 11.3 Å². The van der Waals surface area contributed by atoms with Gasteiger partial charge in [0.2, 0.25) is 5.91 Å². The largest absolute Gasteiger partial charge is 0.494 e. The van der Waals surface area contributed by atoms with Crippen molar-refractivity contribution in [2.45, 2.75) is 19.4 Å². The number of carbonyl (C=O) groups is 1. The van der Waals surface area contributed by atoms with Crippen LogP contribution >= 0.6 is 0 Å². The Morgan fingerprint density at radius 3 is 2.56 bits per heavy atom. The maximum absolute atomic E-state index is 12.8. The zero-order valence-corrected chi connectivity index (χ0v) is 13.9. The van der Waals surface area contributed by atoms with Crippen LogP contribution in [0.2, 0.25) is 0 Å². The molecular weight excluding hydrogens is 318 g/mol. The zero-order valence-electron chi connectivity index (χ0n) is 13.9. The Balaban J connectivity index is 1.75. The topological polar surface area (TPSA) is 81.9 Å². The minimum absolute atomic E-state index is 0.180. The van der Waals surface area contributed by atoms with Crippen LogP contribution in [0.4, 0.5) is 5.69 Å². The summed E-state index contributed by atoms with van der Waals surface area (Å²) < 4.78 is 6.88. The van der Waals surface area contributed by atoms with Crippen LogP contribution in [0.15, 0.2) is 60.9 Å². The molecule has 0 bridgehead atoms. The molecule has 0 saturated carbocycles. The van der Waals surface area contributed by atoms with Gasteiger partial charge >= 0.3 is 0 Å². The molecule has 3 rings (SSSR count). The summed E-state index contributed by atoms with van der Waals surface area (Å²) in [6.07, 6.45) is 1.94. The number of anilines is 1. The number of amides is 1. The van der Waals surface area contributed by atoms with Crippen LogP contribution in [0.5, 0.6) is 5.75 Å². The van der Waals surface area contributed by atoms with Crippen LogP contribution in [-0.2, 0) is 11.2 Å². The quantitative estimate of drug-likeness (QED) is 0.716. The monoisotopic (exact) mass is 337 g/mol. The van der Waals surface area contributed by atoms with Crippen LogP contribution in [0.1, 0.15) is 18.5 Å². The second-order valence-corrected chi connectivity index (χ2v) is 5.44. The highest BCUT2D eigenvalue weighted by Gasteiger charge is 2.22. The smallest absolute Gasteiger partial charge is 0.249 e. The molecule has 0 fully saturated rings. The molecule has 0 aliphatic rings. The molecular formula is C18H19N5O2. The van der Waals surface area contributed by atoms with Crippen LogP contribution in [0, 0.1) is 0 Å². The van der Waals surface area contributed by atoms with Crippen molar-refractivity contribution in [3.8, 4) is 5.75 Å². The summed E-state index contributed by atoms with van der Waals surface area (Å²) in [7, 11) is 0. The summed E-state index contributed by atoms with van der Waals surface area (Å²) in [5.74, 6) is 0.585. The van der Waals surface area contributed by atoms with Gasteiger partial charge in [-0.3, -0.25) is 4.79 Å². The number of carbonyl (C=O) groups excluding carboxylic acids is 1. The van der Waals surface area contributed by atoms with Crippen LogP contribution in [-0.4, -0.2) is 32.7 Å². The Bertz CT molecular complexity index is 788. The van der Waals surface area contributed by atoms with E-state index < -0.39 is 6.04 Å². The van der Waals surface area contributed by atoms with Gasteiger partial charge in [0, 0.05) is 12.1 Å². The van der Waals surface area contributed by atoms with Gasteiger partial charge in [0.05, 0.1) is 6.61 Å². The lowest BCUT2D eigenvalue weighted by atomic mass is 10.1. The molecule has 0 radical (unpaired) electrons. The number of tetrazole rings is 1. The number of nitrogens with zero attached hydrogens (tertiary/aromatic N) is 4. The molecule has 3 aromatic rings. The van der Waals surface area contributed by atoms with Gasteiger partial charge in [-0.2, -0.15) is 0 Å². The number of hydrogen-bond donors (Lipinski definition) is 1. The highest BCUT2D eigenvalue weighted by atomic mass is 16.5. The first-order valence-corrected chi connectivity index (χ1v) is 8.06. The van der Waals surface area contributed by atoms with E-state index in [1.165, 1.54) is 11.0 Å². The number of benzene rings is 2. The van der Waals surface area contributed by atoms with Crippen molar-refractivity contribution in [2.24, 2.45) is 0 Å². The fourth-order valence-electron chi connectivity index (χ4n) is 2.48. The second kappa shape index (κ2) is 8.05. The highest BCUT2D eigenvalue weighted by molar-refractivity contribution is 5.93. The molecule has 0 aliphatic heterocycles. The third-order valence-corrected chi connectivity index (χ3v) is 3.69. The number of aromatic nitrogens is 4. The zero-order chi connectivity index (χ0) is 17.5. The standard InChI is InChI=1S/C18H19N5O2/c1-2-25-16-10-8-15(9-11-16)20-18(24)17(23-13-19-21-22-23)12-14-6-4-3-5-7-14/h3-11,13,17H,2,12H2,1H3,(H,20,24)/t17-/m0/s1. The van der Waals surface area contributed by atoms with E-state index in [2.05, 4.69) is 20.8 Å². The van der Waals surface area contributed by atoms with E-state index in [9.17, 15) is 4.79 Å². The second-order valence-electron chi connectivity index (χ2n) is 5.44.